The smallest absolute Gasteiger partial charge is 0.201 e. The molecular weight excluding hydrogens is 245 g/mol. The Hall–Kier alpha value is -1.62. The van der Waals surface area contributed by atoms with Crippen LogP contribution in [0.2, 0.25) is 0 Å². The lowest BCUT2D eigenvalue weighted by atomic mass is 10.3. The molecule has 0 spiro atoms. The number of ether oxygens (including phenoxy) is 1. The van der Waals surface area contributed by atoms with Crippen LogP contribution in [0.1, 0.15) is 26.7 Å². The lowest BCUT2D eigenvalue weighted by Gasteiger charge is -2.08. The molecule has 0 amide bonds. The van der Waals surface area contributed by atoms with E-state index in [2.05, 4.69) is 4.98 Å². The second-order valence-corrected chi connectivity index (χ2v) is 4.86. The van der Waals surface area contributed by atoms with Crippen molar-refractivity contribution in [2.24, 2.45) is 0 Å². The first-order chi connectivity index (χ1) is 9.09. The molecule has 0 bridgehead atoms. The molecule has 5 heteroatoms. The van der Waals surface area contributed by atoms with E-state index >= 15 is 0 Å². The highest BCUT2D eigenvalue weighted by atomic mass is 19.1. The highest BCUT2D eigenvalue weighted by Gasteiger charge is 2.10. The minimum atomic E-state index is -0.328. The van der Waals surface area contributed by atoms with Crippen molar-refractivity contribution >= 4 is 17.0 Å². The lowest BCUT2D eigenvalue weighted by molar-refractivity contribution is 0.0755. The Morgan fingerprint density at radius 3 is 2.89 bits per heavy atom. The highest BCUT2D eigenvalue weighted by Crippen LogP contribution is 2.20. The number of aromatic nitrogens is 2. The summed E-state index contributed by atoms with van der Waals surface area (Å²) in [5.74, 6) is 0.0379. The number of unbranched alkanes of at least 4 members (excludes halogenated alkanes) is 1. The number of nitrogens with zero attached hydrogens (tertiary/aromatic N) is 2. The fraction of sp³-hybridized carbons (Fsp3) is 0.500. The van der Waals surface area contributed by atoms with Gasteiger partial charge in [-0.2, -0.15) is 0 Å². The van der Waals surface area contributed by atoms with E-state index in [1.54, 1.807) is 6.07 Å². The number of imidazole rings is 1. The molecule has 2 aromatic rings. The number of fused-ring (bicyclic) bond motifs is 1. The lowest BCUT2D eigenvalue weighted by Crippen LogP contribution is -2.07. The van der Waals surface area contributed by atoms with Crippen LogP contribution in [-0.2, 0) is 11.3 Å². The fourth-order valence-electron chi connectivity index (χ4n) is 2.06. The van der Waals surface area contributed by atoms with Crippen molar-refractivity contribution < 1.29 is 9.13 Å². The number of aryl methyl sites for hydroxylation is 1. The summed E-state index contributed by atoms with van der Waals surface area (Å²) in [5, 5.41) is 0. The van der Waals surface area contributed by atoms with Crippen molar-refractivity contribution in [3.05, 3.63) is 24.0 Å². The molecule has 0 aliphatic heterocycles. The molecule has 0 aliphatic carbocycles. The Balaban J connectivity index is 2.01. The van der Waals surface area contributed by atoms with Crippen LogP contribution in [0.5, 0.6) is 0 Å². The number of hydrogen-bond acceptors (Lipinski definition) is 3. The third kappa shape index (κ3) is 3.23. The van der Waals surface area contributed by atoms with Gasteiger partial charge in [0.1, 0.15) is 5.52 Å². The maximum Gasteiger partial charge on any atom is 0.201 e. The number of benzene rings is 1. The van der Waals surface area contributed by atoms with Crippen molar-refractivity contribution in [2.45, 2.75) is 39.3 Å². The van der Waals surface area contributed by atoms with Gasteiger partial charge < -0.3 is 15.0 Å². The van der Waals surface area contributed by atoms with E-state index in [0.29, 0.717) is 11.5 Å². The summed E-state index contributed by atoms with van der Waals surface area (Å²) >= 11 is 0. The van der Waals surface area contributed by atoms with Crippen LogP contribution in [0.4, 0.5) is 10.3 Å². The van der Waals surface area contributed by atoms with Crippen molar-refractivity contribution in [3.8, 4) is 0 Å². The van der Waals surface area contributed by atoms with E-state index < -0.39 is 0 Å². The van der Waals surface area contributed by atoms with Crippen molar-refractivity contribution in [2.75, 3.05) is 12.3 Å². The Bertz CT molecular complexity index is 551. The molecule has 0 aliphatic rings. The van der Waals surface area contributed by atoms with Gasteiger partial charge in [-0.3, -0.25) is 0 Å². The largest absolute Gasteiger partial charge is 0.379 e. The highest BCUT2D eigenvalue weighted by molar-refractivity contribution is 5.78. The van der Waals surface area contributed by atoms with Crippen molar-refractivity contribution in [1.29, 1.82) is 0 Å². The summed E-state index contributed by atoms with van der Waals surface area (Å²) < 4.78 is 20.9. The normalized spacial score (nSPS) is 11.6. The van der Waals surface area contributed by atoms with Crippen LogP contribution >= 0.6 is 0 Å². The number of nitrogen functional groups attached to an aromatic ring is 1. The second kappa shape index (κ2) is 6.02. The zero-order valence-corrected chi connectivity index (χ0v) is 11.4. The second-order valence-electron chi connectivity index (χ2n) is 4.86. The van der Waals surface area contributed by atoms with E-state index in [1.807, 2.05) is 24.5 Å². The summed E-state index contributed by atoms with van der Waals surface area (Å²) in [5.41, 5.74) is 6.94. The first kappa shape index (κ1) is 13.8. The Kier molecular flexibility index (Phi) is 4.37. The van der Waals surface area contributed by atoms with Gasteiger partial charge in [-0.05, 0) is 38.8 Å². The number of anilines is 1. The van der Waals surface area contributed by atoms with Crippen LogP contribution < -0.4 is 5.73 Å². The SMILES string of the molecule is CC(C)OCCCCn1c(N)nc2c(F)cccc21. The average Bonchev–Trinajstić information content (AvgIpc) is 2.67. The number of hydrogen-bond donors (Lipinski definition) is 1. The van der Waals surface area contributed by atoms with Gasteiger partial charge in [-0.15, -0.1) is 0 Å². The molecule has 0 saturated carbocycles. The summed E-state index contributed by atoms with van der Waals surface area (Å²) in [6.07, 6.45) is 2.14. The molecular formula is C14H20FN3O. The van der Waals surface area contributed by atoms with Crippen LogP contribution in [0.25, 0.3) is 11.0 Å². The van der Waals surface area contributed by atoms with E-state index in [1.165, 1.54) is 6.07 Å². The quantitative estimate of drug-likeness (QED) is 0.817. The Morgan fingerprint density at radius 1 is 1.37 bits per heavy atom. The van der Waals surface area contributed by atoms with E-state index in [-0.39, 0.29) is 11.9 Å². The van der Waals surface area contributed by atoms with Gasteiger partial charge in [0.15, 0.2) is 5.82 Å². The fourth-order valence-corrected chi connectivity index (χ4v) is 2.06. The molecule has 2 N–H and O–H groups in total. The number of rotatable bonds is 6. The minimum Gasteiger partial charge on any atom is -0.379 e. The standard InChI is InChI=1S/C14H20FN3O/c1-10(2)19-9-4-3-8-18-12-7-5-6-11(15)13(12)17-14(18)16/h5-7,10H,3-4,8-9H2,1-2H3,(H2,16,17). The molecule has 19 heavy (non-hydrogen) atoms. The summed E-state index contributed by atoms with van der Waals surface area (Å²) in [6.45, 7) is 5.50. The van der Waals surface area contributed by atoms with Gasteiger partial charge >= 0.3 is 0 Å². The van der Waals surface area contributed by atoms with E-state index in [9.17, 15) is 4.39 Å². The first-order valence-corrected chi connectivity index (χ1v) is 6.61. The predicted molar refractivity (Wildman–Crippen MR) is 74.4 cm³/mol. The number of halogens is 1. The van der Waals surface area contributed by atoms with Gasteiger partial charge in [0.05, 0.1) is 11.6 Å². The average molecular weight is 265 g/mol. The molecule has 0 saturated heterocycles. The molecule has 0 unspecified atom stereocenters. The topological polar surface area (TPSA) is 53.1 Å². The van der Waals surface area contributed by atoms with Gasteiger partial charge in [-0.25, -0.2) is 9.37 Å². The van der Waals surface area contributed by atoms with Crippen molar-refractivity contribution in [1.82, 2.24) is 9.55 Å². The zero-order chi connectivity index (χ0) is 13.8. The molecule has 0 fully saturated rings. The molecule has 1 aromatic carbocycles. The molecule has 4 nitrogen and oxygen atoms in total. The maximum absolute atomic E-state index is 13.6. The van der Waals surface area contributed by atoms with Crippen LogP contribution in [0.15, 0.2) is 18.2 Å². The monoisotopic (exact) mass is 265 g/mol. The van der Waals surface area contributed by atoms with E-state index in [0.717, 1.165) is 31.5 Å². The Labute approximate surface area is 112 Å². The first-order valence-electron chi connectivity index (χ1n) is 6.61. The minimum absolute atomic E-state index is 0.258. The number of nitrogens with two attached hydrogens (primary N) is 1. The third-order valence-corrected chi connectivity index (χ3v) is 2.99. The molecule has 0 radical (unpaired) electrons. The van der Waals surface area contributed by atoms with Crippen LogP contribution in [-0.4, -0.2) is 22.3 Å². The van der Waals surface area contributed by atoms with Crippen LogP contribution in [0.3, 0.4) is 0 Å². The van der Waals surface area contributed by atoms with E-state index in [4.69, 9.17) is 10.5 Å². The van der Waals surface area contributed by atoms with Crippen LogP contribution in [0, 0.1) is 5.82 Å². The molecule has 0 atom stereocenters. The molecule has 1 heterocycles. The molecule has 2 rings (SSSR count). The Morgan fingerprint density at radius 2 is 2.16 bits per heavy atom. The molecule has 104 valence electrons. The maximum atomic E-state index is 13.6. The van der Waals surface area contributed by atoms with Gasteiger partial charge in [0, 0.05) is 13.2 Å². The number of para-hydroxylation sites is 1. The van der Waals surface area contributed by atoms with Gasteiger partial charge in [0.2, 0.25) is 5.95 Å². The third-order valence-electron chi connectivity index (χ3n) is 2.99. The zero-order valence-electron chi connectivity index (χ0n) is 11.4. The molecule has 1 aromatic heterocycles. The van der Waals surface area contributed by atoms with Crippen molar-refractivity contribution in [3.63, 3.8) is 0 Å². The summed E-state index contributed by atoms with van der Waals surface area (Å²) in [7, 11) is 0. The summed E-state index contributed by atoms with van der Waals surface area (Å²) in [6, 6.07) is 4.92. The summed E-state index contributed by atoms with van der Waals surface area (Å²) in [4.78, 5) is 4.07. The van der Waals surface area contributed by atoms with Gasteiger partial charge in [-0.1, -0.05) is 6.07 Å². The predicted octanol–water partition coefficient (Wildman–Crippen LogP) is 2.96. The van der Waals surface area contributed by atoms with Gasteiger partial charge in [0.25, 0.3) is 0 Å².